The fourth-order valence-electron chi connectivity index (χ4n) is 6.55. The van der Waals surface area contributed by atoms with Crippen LogP contribution < -0.4 is 4.74 Å². The number of aliphatic carboxylic acids is 1. The van der Waals surface area contributed by atoms with Gasteiger partial charge in [0.05, 0.1) is 17.1 Å². The zero-order valence-electron chi connectivity index (χ0n) is 28.2. The highest BCUT2D eigenvalue weighted by Gasteiger charge is 2.41. The van der Waals surface area contributed by atoms with Crippen LogP contribution >= 0.6 is 11.6 Å². The lowest BCUT2D eigenvalue weighted by Crippen LogP contribution is -2.36. The third-order valence-electron chi connectivity index (χ3n) is 9.23. The molecule has 0 amide bonds. The summed E-state index contributed by atoms with van der Waals surface area (Å²) in [5.74, 6) is -0.973. The quantitative estimate of drug-likeness (QED) is 0.132. The van der Waals surface area contributed by atoms with Gasteiger partial charge in [0.1, 0.15) is 5.75 Å². The Kier molecular flexibility index (Phi) is 12.0. The molecular weight excluding hydrogens is 658 g/mol. The maximum atomic E-state index is 13.9. The molecule has 5 rings (SSSR count). The van der Waals surface area contributed by atoms with E-state index in [-0.39, 0.29) is 35.1 Å². The van der Waals surface area contributed by atoms with Gasteiger partial charge in [-0.05, 0) is 72.4 Å². The second kappa shape index (κ2) is 16.2. The van der Waals surface area contributed by atoms with Gasteiger partial charge in [-0.2, -0.15) is 4.31 Å². The second-order valence-corrected chi connectivity index (χ2v) is 15.3. The van der Waals surface area contributed by atoms with E-state index in [0.29, 0.717) is 10.6 Å². The minimum absolute atomic E-state index is 0.0658. The maximum absolute atomic E-state index is 13.9. The number of sulfonamides is 1. The van der Waals surface area contributed by atoms with E-state index in [2.05, 4.69) is 37.8 Å². The first kappa shape index (κ1) is 36.3. The first-order chi connectivity index (χ1) is 23.5. The lowest BCUT2D eigenvalue weighted by atomic mass is 9.74. The molecule has 1 heterocycles. The van der Waals surface area contributed by atoms with Crippen LogP contribution in [0.2, 0.25) is 5.02 Å². The van der Waals surface area contributed by atoms with Gasteiger partial charge in [0.15, 0.2) is 6.61 Å². The number of hydrogen-bond acceptors (Lipinski definition) is 5. The van der Waals surface area contributed by atoms with E-state index >= 15 is 0 Å². The minimum atomic E-state index is -3.92. The molecule has 0 saturated carbocycles. The van der Waals surface area contributed by atoms with Crippen LogP contribution in [0.3, 0.4) is 0 Å². The van der Waals surface area contributed by atoms with Crippen LogP contribution in [0.5, 0.6) is 5.75 Å². The van der Waals surface area contributed by atoms with E-state index in [0.717, 1.165) is 53.5 Å². The van der Waals surface area contributed by atoms with Gasteiger partial charge in [-0.1, -0.05) is 110 Å². The lowest BCUT2D eigenvalue weighted by molar-refractivity contribution is -0.139. The molecule has 0 aromatic heterocycles. The minimum Gasteiger partial charge on any atom is -0.482 e. The number of hydrogen-bond donors (Lipinski definition) is 1. The number of carboxylic acids is 1. The fraction of sp³-hybridized carbons (Fsp3) is 0.325. The standard InChI is InChI=1S/C40H44ClNO6S/c1-5-6-12-38-35(31-15-13-29(14-16-31)30-17-19-32(41)20-18-30)24-34(27(2)3)40(48-38)36-23-33(21-22-37(36)47-26-39(43)44)49(45,46)42(4)25-28-10-8-7-9-11-28/h7-11,13-23,34-35,38,40H,2,5-6,12,24-26H2,1,3-4H3,(H,43,44)/t34-,35-,38+,40+/m0/s1. The van der Waals surface area contributed by atoms with Crippen LogP contribution in [0.15, 0.2) is 114 Å². The van der Waals surface area contributed by atoms with Crippen molar-refractivity contribution in [3.8, 4) is 16.9 Å². The Bertz CT molecular complexity index is 1840. The van der Waals surface area contributed by atoms with Crippen LogP contribution in [0, 0.1) is 5.92 Å². The van der Waals surface area contributed by atoms with Crippen molar-refractivity contribution in [2.45, 2.75) is 69.1 Å². The first-order valence-corrected chi connectivity index (χ1v) is 18.4. The summed E-state index contributed by atoms with van der Waals surface area (Å²) in [6, 6.07) is 30.3. The smallest absolute Gasteiger partial charge is 0.341 e. The summed E-state index contributed by atoms with van der Waals surface area (Å²) in [5.41, 5.74) is 5.58. The lowest BCUT2D eigenvalue weighted by Gasteiger charge is -2.43. The second-order valence-electron chi connectivity index (χ2n) is 12.8. The average Bonchev–Trinajstić information content (AvgIpc) is 3.10. The molecule has 1 saturated heterocycles. The van der Waals surface area contributed by atoms with Crippen molar-refractivity contribution >= 4 is 27.6 Å². The van der Waals surface area contributed by atoms with Gasteiger partial charge in [0, 0.05) is 36.0 Å². The summed E-state index contributed by atoms with van der Waals surface area (Å²) in [4.78, 5) is 11.6. The Morgan fingerprint density at radius 2 is 1.65 bits per heavy atom. The molecule has 4 aromatic rings. The molecule has 1 aliphatic heterocycles. The van der Waals surface area contributed by atoms with E-state index in [4.69, 9.17) is 21.1 Å². The van der Waals surface area contributed by atoms with E-state index in [1.165, 1.54) is 10.4 Å². The largest absolute Gasteiger partial charge is 0.482 e. The number of carbonyl (C=O) groups is 1. The molecule has 0 aliphatic carbocycles. The Hall–Kier alpha value is -3.95. The van der Waals surface area contributed by atoms with Crippen molar-refractivity contribution in [2.24, 2.45) is 5.92 Å². The zero-order chi connectivity index (χ0) is 35.1. The normalized spacial score (nSPS) is 19.4. The number of halogens is 1. The van der Waals surface area contributed by atoms with Crippen molar-refractivity contribution in [1.29, 1.82) is 0 Å². The first-order valence-electron chi connectivity index (χ1n) is 16.6. The molecule has 0 bridgehead atoms. The number of ether oxygens (including phenoxy) is 2. The molecule has 1 fully saturated rings. The summed E-state index contributed by atoms with van der Waals surface area (Å²) in [6.07, 6.45) is 2.71. The number of rotatable bonds is 14. The van der Waals surface area contributed by atoms with Crippen LogP contribution in [-0.4, -0.2) is 43.6 Å². The highest BCUT2D eigenvalue weighted by molar-refractivity contribution is 7.89. The predicted molar refractivity (Wildman–Crippen MR) is 194 cm³/mol. The summed E-state index contributed by atoms with van der Waals surface area (Å²) < 4.78 is 41.8. The van der Waals surface area contributed by atoms with Gasteiger partial charge in [-0.3, -0.25) is 0 Å². The topological polar surface area (TPSA) is 93.1 Å². The van der Waals surface area contributed by atoms with Crippen molar-refractivity contribution < 1.29 is 27.8 Å². The summed E-state index contributed by atoms with van der Waals surface area (Å²) in [6.45, 7) is 8.06. The number of unbranched alkanes of at least 4 members (excludes halogenated alkanes) is 1. The molecule has 0 radical (unpaired) electrons. The van der Waals surface area contributed by atoms with E-state index in [1.807, 2.05) is 61.5 Å². The van der Waals surface area contributed by atoms with Gasteiger partial charge < -0.3 is 14.6 Å². The molecule has 258 valence electrons. The van der Waals surface area contributed by atoms with Gasteiger partial charge in [0.25, 0.3) is 0 Å². The number of benzene rings is 4. The number of nitrogens with zero attached hydrogens (tertiary/aromatic N) is 1. The average molecular weight is 702 g/mol. The monoisotopic (exact) mass is 701 g/mol. The fourth-order valence-corrected chi connectivity index (χ4v) is 7.87. The van der Waals surface area contributed by atoms with Crippen molar-refractivity contribution in [1.82, 2.24) is 4.31 Å². The highest BCUT2D eigenvalue weighted by atomic mass is 35.5. The SMILES string of the molecule is C=C(C)[C@@H]1C[C@@H](c2ccc(-c3ccc(Cl)cc3)cc2)[C@@H](CCCC)O[C@H]1c1cc(S(=O)(=O)N(C)Cc2ccccc2)ccc1OCC(=O)O. The van der Waals surface area contributed by atoms with Crippen LogP contribution in [0.4, 0.5) is 0 Å². The molecule has 9 heteroatoms. The molecule has 1 N–H and O–H groups in total. The molecule has 7 nitrogen and oxygen atoms in total. The third-order valence-corrected chi connectivity index (χ3v) is 11.3. The molecule has 1 aliphatic rings. The van der Waals surface area contributed by atoms with Crippen LogP contribution in [0.25, 0.3) is 11.1 Å². The van der Waals surface area contributed by atoms with Crippen LogP contribution in [-0.2, 0) is 26.1 Å². The van der Waals surface area contributed by atoms with E-state index < -0.39 is 28.7 Å². The molecule has 0 unspecified atom stereocenters. The summed E-state index contributed by atoms with van der Waals surface area (Å²) in [7, 11) is -2.37. The zero-order valence-corrected chi connectivity index (χ0v) is 29.8. The number of carboxylic acid groups (broad SMARTS) is 1. The van der Waals surface area contributed by atoms with Crippen molar-refractivity contribution in [2.75, 3.05) is 13.7 Å². The third kappa shape index (κ3) is 8.81. The van der Waals surface area contributed by atoms with Crippen LogP contribution in [0.1, 0.15) is 68.2 Å². The van der Waals surface area contributed by atoms with Gasteiger partial charge in [-0.25, -0.2) is 13.2 Å². The van der Waals surface area contributed by atoms with E-state index in [9.17, 15) is 18.3 Å². The van der Waals surface area contributed by atoms with E-state index in [1.54, 1.807) is 19.2 Å². The van der Waals surface area contributed by atoms with Gasteiger partial charge >= 0.3 is 5.97 Å². The Morgan fingerprint density at radius 3 is 2.27 bits per heavy atom. The summed E-state index contributed by atoms with van der Waals surface area (Å²) in [5, 5.41) is 10.1. The summed E-state index contributed by atoms with van der Waals surface area (Å²) >= 11 is 6.11. The van der Waals surface area contributed by atoms with Crippen molar-refractivity contribution in [3.63, 3.8) is 0 Å². The Balaban J connectivity index is 1.51. The Labute approximate surface area is 295 Å². The molecule has 49 heavy (non-hydrogen) atoms. The highest BCUT2D eigenvalue weighted by Crippen LogP contribution is 2.49. The predicted octanol–water partition coefficient (Wildman–Crippen LogP) is 9.29. The van der Waals surface area contributed by atoms with Gasteiger partial charge in [-0.15, -0.1) is 0 Å². The van der Waals surface area contributed by atoms with Crippen molar-refractivity contribution in [3.05, 3.63) is 131 Å². The molecule has 4 aromatic carbocycles. The van der Waals surface area contributed by atoms with Gasteiger partial charge in [0.2, 0.25) is 10.0 Å². The maximum Gasteiger partial charge on any atom is 0.341 e. The Morgan fingerprint density at radius 1 is 1.00 bits per heavy atom. The molecule has 4 atom stereocenters. The molecular formula is C40H44ClNO6S. The molecule has 0 spiro atoms.